The van der Waals surface area contributed by atoms with Crippen LogP contribution in [-0.2, 0) is 13.0 Å². The van der Waals surface area contributed by atoms with Crippen molar-refractivity contribution in [2.24, 2.45) is 5.41 Å². The molecule has 0 saturated carbocycles. The summed E-state index contributed by atoms with van der Waals surface area (Å²) in [5, 5.41) is 9.31. The quantitative estimate of drug-likeness (QED) is 0.718. The molecule has 3 aromatic rings. The molecule has 1 aromatic carbocycles. The number of ketones is 1. The minimum atomic E-state index is -0.450. The van der Waals surface area contributed by atoms with Crippen molar-refractivity contribution >= 4 is 22.5 Å². The van der Waals surface area contributed by atoms with Gasteiger partial charge >= 0.3 is 0 Å². The summed E-state index contributed by atoms with van der Waals surface area (Å²) in [7, 11) is 0. The minimum Gasteiger partial charge on any atom is -0.382 e. The molecule has 0 saturated heterocycles. The number of anilines is 1. The third-order valence-corrected chi connectivity index (χ3v) is 5.10. The second-order valence-electron chi connectivity index (χ2n) is 7.94. The number of rotatable bonds is 3. The van der Waals surface area contributed by atoms with E-state index in [0.717, 1.165) is 5.69 Å². The van der Waals surface area contributed by atoms with E-state index in [-0.39, 0.29) is 17.0 Å². The number of carbonyl (C=O) groups excluding carboxylic acids is 1. The first-order valence-corrected chi connectivity index (χ1v) is 8.90. The average molecular weight is 367 g/mol. The number of nitrogens with zero attached hydrogens (tertiary/aromatic N) is 4. The molecule has 4 rings (SSSR count). The first-order valence-electron chi connectivity index (χ1n) is 8.90. The Labute approximate surface area is 156 Å². The summed E-state index contributed by atoms with van der Waals surface area (Å²) in [4.78, 5) is 12.6. The van der Waals surface area contributed by atoms with Crippen molar-refractivity contribution in [3.05, 3.63) is 47.6 Å². The van der Waals surface area contributed by atoms with Gasteiger partial charge < -0.3 is 5.73 Å². The molecule has 0 fully saturated rings. The van der Waals surface area contributed by atoms with Gasteiger partial charge in [0.25, 0.3) is 0 Å². The van der Waals surface area contributed by atoms with Crippen LogP contribution < -0.4 is 5.73 Å². The Kier molecular flexibility index (Phi) is 3.73. The topological polar surface area (TPSA) is 78.7 Å². The maximum Gasteiger partial charge on any atom is 0.167 e. The molecule has 0 aliphatic heterocycles. The number of nitrogen functional groups attached to an aromatic ring is 1. The summed E-state index contributed by atoms with van der Waals surface area (Å²) >= 11 is 0. The molecule has 2 N–H and O–H groups in total. The second kappa shape index (κ2) is 5.77. The normalized spacial score (nSPS) is 15.9. The lowest BCUT2D eigenvalue weighted by molar-refractivity contribution is 0.0910. The maximum atomic E-state index is 15.0. The van der Waals surface area contributed by atoms with Gasteiger partial charge in [-0.2, -0.15) is 10.2 Å². The predicted molar refractivity (Wildman–Crippen MR) is 103 cm³/mol. The van der Waals surface area contributed by atoms with Crippen LogP contribution in [0.5, 0.6) is 0 Å². The molecule has 140 valence electrons. The first kappa shape index (κ1) is 17.5. The Morgan fingerprint density at radius 3 is 2.78 bits per heavy atom. The molecule has 0 amide bonds. The predicted octanol–water partition coefficient (Wildman–Crippen LogP) is 3.59. The molecule has 7 heteroatoms. The second-order valence-corrected chi connectivity index (χ2v) is 7.94. The zero-order valence-corrected chi connectivity index (χ0v) is 15.7. The Bertz CT molecular complexity index is 1110. The molecule has 2 heterocycles. The number of aromatic nitrogens is 4. The largest absolute Gasteiger partial charge is 0.382 e. The van der Waals surface area contributed by atoms with E-state index in [0.29, 0.717) is 47.2 Å². The van der Waals surface area contributed by atoms with Crippen LogP contribution in [0, 0.1) is 18.2 Å². The number of aryl methyl sites for hydroxylation is 1. The number of hydrogen-bond acceptors (Lipinski definition) is 4. The maximum absolute atomic E-state index is 15.0. The van der Waals surface area contributed by atoms with Crippen molar-refractivity contribution in [1.82, 2.24) is 19.6 Å². The molecule has 0 atom stereocenters. The van der Waals surface area contributed by atoms with E-state index >= 15 is 0 Å². The van der Waals surface area contributed by atoms with Crippen LogP contribution in [0.15, 0.2) is 24.8 Å². The fraction of sp³-hybridized carbons (Fsp3) is 0.350. The molecule has 0 radical (unpaired) electrons. The van der Waals surface area contributed by atoms with E-state index in [2.05, 4.69) is 16.8 Å². The van der Waals surface area contributed by atoms with E-state index in [1.807, 2.05) is 13.8 Å². The molecule has 0 bridgehead atoms. The van der Waals surface area contributed by atoms with Gasteiger partial charge in [0.05, 0.1) is 29.0 Å². The zero-order chi connectivity index (χ0) is 19.5. The number of nitrogens with two attached hydrogens (primary N) is 1. The van der Waals surface area contributed by atoms with Crippen LogP contribution in [0.25, 0.3) is 16.6 Å². The Morgan fingerprint density at radius 2 is 2.07 bits per heavy atom. The van der Waals surface area contributed by atoms with Crippen LogP contribution in [0.3, 0.4) is 0 Å². The summed E-state index contributed by atoms with van der Waals surface area (Å²) in [5.74, 6) is -0.117. The molecule has 1 aliphatic carbocycles. The van der Waals surface area contributed by atoms with Crippen molar-refractivity contribution in [2.75, 3.05) is 5.73 Å². The van der Waals surface area contributed by atoms with Gasteiger partial charge in [0.2, 0.25) is 0 Å². The molecule has 2 aromatic heterocycles. The molecular weight excluding hydrogens is 345 g/mol. The van der Waals surface area contributed by atoms with Crippen LogP contribution in [-0.4, -0.2) is 25.3 Å². The van der Waals surface area contributed by atoms with Gasteiger partial charge in [-0.3, -0.25) is 9.48 Å². The van der Waals surface area contributed by atoms with Gasteiger partial charge in [-0.25, -0.2) is 9.07 Å². The molecule has 0 spiro atoms. The standard InChI is InChI=1S/C20H22FN5O/c1-5-6-25-14-8-15(13(21)7-12(14)19(22)24-25)26-16-9-20(3,4)10-17(27)18(16)11(2)23-26/h5,7-8H,1,6,9-10H2,2-4H3,(H2,22,24). The smallest absolute Gasteiger partial charge is 0.167 e. The van der Waals surface area contributed by atoms with Crippen molar-refractivity contribution in [1.29, 1.82) is 0 Å². The monoisotopic (exact) mass is 367 g/mol. The van der Waals surface area contributed by atoms with Crippen molar-refractivity contribution in [3.63, 3.8) is 0 Å². The lowest BCUT2D eigenvalue weighted by Gasteiger charge is -2.29. The average Bonchev–Trinajstić information content (AvgIpc) is 3.04. The number of carbonyl (C=O) groups is 1. The van der Waals surface area contributed by atoms with Crippen molar-refractivity contribution in [2.45, 2.75) is 40.2 Å². The fourth-order valence-corrected chi connectivity index (χ4v) is 3.97. The number of fused-ring (bicyclic) bond motifs is 2. The van der Waals surface area contributed by atoms with E-state index < -0.39 is 5.82 Å². The van der Waals surface area contributed by atoms with Crippen molar-refractivity contribution < 1.29 is 9.18 Å². The highest BCUT2D eigenvalue weighted by atomic mass is 19.1. The number of halogens is 1. The van der Waals surface area contributed by atoms with Crippen molar-refractivity contribution in [3.8, 4) is 5.69 Å². The van der Waals surface area contributed by atoms with E-state index in [1.165, 1.54) is 6.07 Å². The lowest BCUT2D eigenvalue weighted by atomic mass is 9.75. The van der Waals surface area contributed by atoms with E-state index in [1.54, 1.807) is 28.4 Å². The third kappa shape index (κ3) is 2.65. The first-order chi connectivity index (χ1) is 12.7. The minimum absolute atomic E-state index is 0.0624. The van der Waals surface area contributed by atoms with Gasteiger partial charge in [-0.15, -0.1) is 6.58 Å². The number of benzene rings is 1. The summed E-state index contributed by atoms with van der Waals surface area (Å²) < 4.78 is 18.2. The van der Waals surface area contributed by atoms with Gasteiger partial charge in [-0.05, 0) is 30.9 Å². The summed E-state index contributed by atoms with van der Waals surface area (Å²) in [6.07, 6.45) is 2.83. The molecule has 1 aliphatic rings. The number of Topliss-reactive ketones (excluding diaryl/α,β-unsaturated/α-hetero) is 1. The van der Waals surface area contributed by atoms with E-state index in [4.69, 9.17) is 5.73 Å². The highest BCUT2D eigenvalue weighted by Crippen LogP contribution is 2.38. The molecule has 0 unspecified atom stereocenters. The Morgan fingerprint density at radius 1 is 1.33 bits per heavy atom. The lowest BCUT2D eigenvalue weighted by Crippen LogP contribution is -2.28. The Hall–Kier alpha value is -2.96. The van der Waals surface area contributed by atoms with Gasteiger partial charge in [-0.1, -0.05) is 19.9 Å². The highest BCUT2D eigenvalue weighted by molar-refractivity contribution is 6.00. The Balaban J connectivity index is 1.97. The molecular formula is C20H22FN5O. The van der Waals surface area contributed by atoms with Crippen LogP contribution in [0.4, 0.5) is 10.2 Å². The fourth-order valence-electron chi connectivity index (χ4n) is 3.97. The third-order valence-electron chi connectivity index (χ3n) is 5.10. The summed E-state index contributed by atoms with van der Waals surface area (Å²) in [5.41, 5.74) is 8.74. The van der Waals surface area contributed by atoms with Gasteiger partial charge in [0.1, 0.15) is 11.5 Å². The molecule has 27 heavy (non-hydrogen) atoms. The summed E-state index contributed by atoms with van der Waals surface area (Å²) in [6.45, 7) is 10.1. The molecule has 6 nitrogen and oxygen atoms in total. The van der Waals surface area contributed by atoms with Crippen LogP contribution in [0.1, 0.15) is 42.0 Å². The summed E-state index contributed by atoms with van der Waals surface area (Å²) in [6, 6.07) is 3.07. The van der Waals surface area contributed by atoms with Gasteiger partial charge in [0.15, 0.2) is 11.6 Å². The van der Waals surface area contributed by atoms with E-state index in [9.17, 15) is 9.18 Å². The SMILES string of the molecule is C=CCn1nc(N)c2cc(F)c(-n3nc(C)c4c3CC(C)(C)CC4=O)cc21. The number of allylic oxidation sites excluding steroid dienone is 1. The zero-order valence-electron chi connectivity index (χ0n) is 15.7. The number of hydrogen-bond donors (Lipinski definition) is 1. The van der Waals surface area contributed by atoms with Gasteiger partial charge in [0, 0.05) is 11.8 Å². The van der Waals surface area contributed by atoms with Crippen LogP contribution in [0.2, 0.25) is 0 Å². The highest BCUT2D eigenvalue weighted by Gasteiger charge is 2.36. The van der Waals surface area contributed by atoms with Crippen LogP contribution >= 0.6 is 0 Å².